The van der Waals surface area contributed by atoms with Gasteiger partial charge in [-0.15, -0.1) is 11.3 Å². The molecule has 2 aromatic heterocycles. The highest BCUT2D eigenvalue weighted by Crippen LogP contribution is 2.36. The van der Waals surface area contributed by atoms with Crippen molar-refractivity contribution in [3.63, 3.8) is 0 Å². The van der Waals surface area contributed by atoms with E-state index in [1.165, 1.54) is 4.88 Å². The fourth-order valence-electron chi connectivity index (χ4n) is 2.26. The number of furan rings is 1. The number of carbonyl (C=O) groups excluding carboxylic acids is 1. The van der Waals surface area contributed by atoms with Gasteiger partial charge in [0.05, 0.1) is 6.04 Å². The minimum atomic E-state index is -0.0352. The zero-order valence-electron chi connectivity index (χ0n) is 10.7. The molecule has 0 saturated carbocycles. The Hall–Kier alpha value is -1.59. The van der Waals surface area contributed by atoms with Gasteiger partial charge in [-0.25, -0.2) is 0 Å². The third kappa shape index (κ3) is 2.31. The van der Waals surface area contributed by atoms with Crippen molar-refractivity contribution in [1.29, 1.82) is 0 Å². The minimum Gasteiger partial charge on any atom is -0.453 e. The average molecular weight is 277 g/mol. The predicted octanol–water partition coefficient (Wildman–Crippen LogP) is 3.07. The minimum absolute atomic E-state index is 0.0352. The first-order chi connectivity index (χ1) is 9.29. The van der Waals surface area contributed by atoms with Crippen LogP contribution >= 0.6 is 11.3 Å². The summed E-state index contributed by atoms with van der Waals surface area (Å²) in [5.74, 6) is 1.04. The van der Waals surface area contributed by atoms with Crippen LogP contribution in [0.1, 0.15) is 33.7 Å². The number of hydrogen-bond donors (Lipinski definition) is 0. The smallest absolute Gasteiger partial charge is 0.290 e. The lowest BCUT2D eigenvalue weighted by Crippen LogP contribution is -2.44. The van der Waals surface area contributed by atoms with E-state index in [-0.39, 0.29) is 11.9 Å². The summed E-state index contributed by atoms with van der Waals surface area (Å²) in [4.78, 5) is 15.4. The molecule has 5 heteroatoms. The Bertz CT molecular complexity index is 561. The van der Waals surface area contributed by atoms with Crippen LogP contribution in [0.5, 0.6) is 0 Å². The number of methoxy groups -OCH3 is 1. The largest absolute Gasteiger partial charge is 0.453 e. The van der Waals surface area contributed by atoms with Crippen molar-refractivity contribution in [3.8, 4) is 0 Å². The molecular formula is C14H15NO3S. The van der Waals surface area contributed by atoms with Gasteiger partial charge in [-0.05, 0) is 30.0 Å². The van der Waals surface area contributed by atoms with Crippen LogP contribution in [0.2, 0.25) is 0 Å². The van der Waals surface area contributed by atoms with Crippen molar-refractivity contribution in [1.82, 2.24) is 4.90 Å². The zero-order valence-corrected chi connectivity index (χ0v) is 11.5. The molecule has 1 saturated heterocycles. The van der Waals surface area contributed by atoms with Crippen LogP contribution in [-0.4, -0.2) is 24.5 Å². The fourth-order valence-corrected chi connectivity index (χ4v) is 3.13. The molecule has 3 heterocycles. The van der Waals surface area contributed by atoms with Crippen molar-refractivity contribution < 1.29 is 13.9 Å². The fraction of sp³-hybridized carbons (Fsp3) is 0.357. The van der Waals surface area contributed by atoms with Gasteiger partial charge in [0.2, 0.25) is 0 Å². The van der Waals surface area contributed by atoms with Crippen LogP contribution in [0.25, 0.3) is 0 Å². The summed E-state index contributed by atoms with van der Waals surface area (Å²) < 4.78 is 10.5. The lowest BCUT2D eigenvalue weighted by molar-refractivity contribution is 0.0429. The van der Waals surface area contributed by atoms with E-state index >= 15 is 0 Å². The summed E-state index contributed by atoms with van der Waals surface area (Å²) in [6.45, 7) is 1.18. The van der Waals surface area contributed by atoms with Crippen LogP contribution in [0, 0.1) is 0 Å². The first-order valence-corrected chi connectivity index (χ1v) is 7.09. The molecule has 0 spiro atoms. The van der Waals surface area contributed by atoms with E-state index in [1.54, 1.807) is 30.6 Å². The molecule has 0 aliphatic carbocycles. The highest BCUT2D eigenvalue weighted by atomic mass is 32.1. The monoisotopic (exact) mass is 277 g/mol. The highest BCUT2D eigenvalue weighted by molar-refractivity contribution is 7.10. The van der Waals surface area contributed by atoms with E-state index in [2.05, 4.69) is 6.07 Å². The summed E-state index contributed by atoms with van der Waals surface area (Å²) in [5, 5.41) is 2.04. The normalized spacial score (nSPS) is 18.4. The number of ether oxygens (including phenoxy) is 1. The standard InChI is InChI=1S/C14H15NO3S/c1-17-9-10-4-5-12(18-10)14(16)15-7-6-11(15)13-3-2-8-19-13/h2-5,8,11H,6-7,9H2,1H3. The first-order valence-electron chi connectivity index (χ1n) is 6.21. The maximum Gasteiger partial charge on any atom is 0.290 e. The van der Waals surface area contributed by atoms with Gasteiger partial charge in [0.1, 0.15) is 12.4 Å². The van der Waals surface area contributed by atoms with Crippen molar-refractivity contribution in [2.24, 2.45) is 0 Å². The Labute approximate surface area is 115 Å². The van der Waals surface area contributed by atoms with Crippen molar-refractivity contribution >= 4 is 17.2 Å². The maximum absolute atomic E-state index is 12.3. The van der Waals surface area contributed by atoms with E-state index in [0.717, 1.165) is 13.0 Å². The van der Waals surface area contributed by atoms with Crippen molar-refractivity contribution in [2.75, 3.05) is 13.7 Å². The summed E-state index contributed by atoms with van der Waals surface area (Å²) in [6, 6.07) is 7.82. The Balaban J connectivity index is 1.73. The average Bonchev–Trinajstić information content (AvgIpc) is 2.99. The van der Waals surface area contributed by atoms with Gasteiger partial charge in [0, 0.05) is 18.5 Å². The summed E-state index contributed by atoms with van der Waals surface area (Å²) in [7, 11) is 1.60. The van der Waals surface area contributed by atoms with E-state index in [0.29, 0.717) is 18.1 Å². The van der Waals surface area contributed by atoms with Crippen LogP contribution in [-0.2, 0) is 11.3 Å². The molecule has 1 aliphatic rings. The lowest BCUT2D eigenvalue weighted by atomic mass is 10.0. The van der Waals surface area contributed by atoms with E-state index in [1.807, 2.05) is 16.3 Å². The molecule has 0 radical (unpaired) electrons. The summed E-state index contributed by atoms with van der Waals surface area (Å²) in [5.41, 5.74) is 0. The number of thiophene rings is 1. The van der Waals surface area contributed by atoms with Crippen LogP contribution < -0.4 is 0 Å². The molecule has 0 aromatic carbocycles. The third-order valence-electron chi connectivity index (χ3n) is 3.31. The number of carbonyl (C=O) groups is 1. The highest BCUT2D eigenvalue weighted by Gasteiger charge is 2.35. The van der Waals surface area contributed by atoms with Gasteiger partial charge in [-0.2, -0.15) is 0 Å². The Morgan fingerprint density at radius 3 is 3.05 bits per heavy atom. The second-order valence-corrected chi connectivity index (χ2v) is 5.50. The summed E-state index contributed by atoms with van der Waals surface area (Å²) >= 11 is 1.69. The van der Waals surface area contributed by atoms with Gasteiger partial charge in [0.15, 0.2) is 5.76 Å². The van der Waals surface area contributed by atoms with Gasteiger partial charge in [-0.3, -0.25) is 4.79 Å². The second kappa shape index (κ2) is 5.19. The van der Waals surface area contributed by atoms with Gasteiger partial charge < -0.3 is 14.1 Å². The molecule has 0 N–H and O–H groups in total. The molecule has 1 amide bonds. The molecule has 1 aliphatic heterocycles. The molecule has 1 unspecified atom stereocenters. The zero-order chi connectivity index (χ0) is 13.2. The lowest BCUT2D eigenvalue weighted by Gasteiger charge is -2.39. The van der Waals surface area contributed by atoms with Crippen LogP contribution in [0.4, 0.5) is 0 Å². The molecule has 4 nitrogen and oxygen atoms in total. The van der Waals surface area contributed by atoms with Gasteiger partial charge in [-0.1, -0.05) is 6.07 Å². The van der Waals surface area contributed by atoms with Gasteiger partial charge >= 0.3 is 0 Å². The van der Waals surface area contributed by atoms with E-state index in [9.17, 15) is 4.79 Å². The number of hydrogen-bond acceptors (Lipinski definition) is 4. The Morgan fingerprint density at radius 2 is 2.42 bits per heavy atom. The third-order valence-corrected chi connectivity index (χ3v) is 4.28. The number of likely N-dealkylation sites (tertiary alicyclic amines) is 1. The molecule has 1 fully saturated rings. The molecule has 100 valence electrons. The molecule has 2 aromatic rings. The van der Waals surface area contributed by atoms with Crippen LogP contribution in [0.15, 0.2) is 34.1 Å². The van der Waals surface area contributed by atoms with Crippen molar-refractivity contribution in [2.45, 2.75) is 19.1 Å². The SMILES string of the molecule is COCc1ccc(C(=O)N2CCC2c2cccs2)o1. The predicted molar refractivity (Wildman–Crippen MR) is 72.1 cm³/mol. The topological polar surface area (TPSA) is 42.7 Å². The maximum atomic E-state index is 12.3. The first kappa shape index (κ1) is 12.4. The van der Waals surface area contributed by atoms with E-state index in [4.69, 9.17) is 9.15 Å². The van der Waals surface area contributed by atoms with E-state index < -0.39 is 0 Å². The molecule has 3 rings (SSSR count). The molecule has 1 atom stereocenters. The molecule has 0 bridgehead atoms. The van der Waals surface area contributed by atoms with Crippen molar-refractivity contribution in [3.05, 3.63) is 46.0 Å². The number of nitrogens with zero attached hydrogens (tertiary/aromatic N) is 1. The van der Waals surface area contributed by atoms with Gasteiger partial charge in [0.25, 0.3) is 5.91 Å². The quantitative estimate of drug-likeness (QED) is 0.862. The Kier molecular flexibility index (Phi) is 3.40. The molecule has 19 heavy (non-hydrogen) atoms. The summed E-state index contributed by atoms with van der Waals surface area (Å²) in [6.07, 6.45) is 1.03. The van der Waals surface area contributed by atoms with Crippen LogP contribution in [0.3, 0.4) is 0 Å². The second-order valence-electron chi connectivity index (χ2n) is 4.52. The Morgan fingerprint density at radius 1 is 1.53 bits per heavy atom. The molecular weight excluding hydrogens is 262 g/mol. The number of amides is 1. The number of rotatable bonds is 4.